The van der Waals surface area contributed by atoms with Crippen LogP contribution in [0, 0.1) is 0 Å². The summed E-state index contributed by atoms with van der Waals surface area (Å²) in [6.45, 7) is -0.0876. The Balaban J connectivity index is 1.67. The van der Waals surface area contributed by atoms with E-state index in [1.165, 1.54) is 23.2 Å². The molecule has 6 nitrogen and oxygen atoms in total. The molecule has 1 aliphatic heterocycles. The van der Waals surface area contributed by atoms with Crippen molar-refractivity contribution in [2.24, 2.45) is 0 Å². The molecule has 1 atom stereocenters. The summed E-state index contributed by atoms with van der Waals surface area (Å²) in [5.74, 6) is -1.70. The lowest BCUT2D eigenvalue weighted by molar-refractivity contribution is -0.149. The lowest BCUT2D eigenvalue weighted by Crippen LogP contribution is -2.38. The van der Waals surface area contributed by atoms with Crippen molar-refractivity contribution >= 4 is 11.9 Å². The maximum absolute atomic E-state index is 14.1. The number of aliphatic carboxylic acids is 1. The van der Waals surface area contributed by atoms with Crippen molar-refractivity contribution in [2.45, 2.75) is 18.7 Å². The molecule has 1 aliphatic rings. The molecule has 0 saturated carbocycles. The highest BCUT2D eigenvalue weighted by atomic mass is 19.1. The summed E-state index contributed by atoms with van der Waals surface area (Å²) in [7, 11) is 0. The minimum Gasteiger partial charge on any atom is -0.479 e. The van der Waals surface area contributed by atoms with Gasteiger partial charge in [-0.1, -0.05) is 30.3 Å². The normalized spacial score (nSPS) is 19.6. The first-order chi connectivity index (χ1) is 12.0. The number of rotatable bonds is 5. The topological polar surface area (TPSA) is 79.7 Å². The molecule has 1 saturated heterocycles. The monoisotopic (exact) mass is 344 g/mol. The lowest BCUT2D eigenvalue weighted by atomic mass is 10.1. The molecule has 25 heavy (non-hydrogen) atoms. The Morgan fingerprint density at radius 1 is 1.28 bits per heavy atom. The van der Waals surface area contributed by atoms with Gasteiger partial charge in [-0.25, -0.2) is 14.2 Å². The van der Waals surface area contributed by atoms with Crippen LogP contribution >= 0.6 is 0 Å². The third-order valence-corrected chi connectivity index (χ3v) is 4.10. The molecule has 130 valence electrons. The summed E-state index contributed by atoms with van der Waals surface area (Å²) < 4.78 is 19.7. The number of ether oxygens (including phenoxy) is 1. The van der Waals surface area contributed by atoms with E-state index in [1.807, 2.05) is 30.3 Å². The number of carbonyl (C=O) groups excluding carboxylic acids is 1. The van der Waals surface area contributed by atoms with E-state index < -0.39 is 24.1 Å². The Labute approximate surface area is 143 Å². The molecule has 7 heteroatoms. The summed E-state index contributed by atoms with van der Waals surface area (Å²) in [6.07, 6.45) is 1.22. The number of hydrogen-bond acceptors (Lipinski definition) is 4. The zero-order valence-corrected chi connectivity index (χ0v) is 13.4. The van der Waals surface area contributed by atoms with E-state index in [4.69, 9.17) is 9.84 Å². The molecule has 1 aromatic heterocycles. The molecule has 1 N–H and O–H groups in total. The van der Waals surface area contributed by atoms with Crippen LogP contribution in [0.1, 0.15) is 22.3 Å². The van der Waals surface area contributed by atoms with Gasteiger partial charge in [0.25, 0.3) is 5.91 Å². The Hall–Kier alpha value is -2.96. The van der Waals surface area contributed by atoms with Gasteiger partial charge in [0.2, 0.25) is 11.5 Å². The number of hydrogen-bond donors (Lipinski definition) is 1. The highest BCUT2D eigenvalue weighted by Gasteiger charge is 2.47. The average Bonchev–Trinajstić information content (AvgIpc) is 3.04. The van der Waals surface area contributed by atoms with Crippen LogP contribution in [0.5, 0.6) is 5.88 Å². The van der Waals surface area contributed by atoms with Gasteiger partial charge in [-0.3, -0.25) is 4.79 Å². The quantitative estimate of drug-likeness (QED) is 0.900. The number of nitrogens with zero attached hydrogens (tertiary/aromatic N) is 2. The number of halogens is 1. The summed E-state index contributed by atoms with van der Waals surface area (Å²) in [4.78, 5) is 28.7. The minimum atomic E-state index is -2.38. The van der Waals surface area contributed by atoms with E-state index in [2.05, 4.69) is 4.98 Å². The van der Waals surface area contributed by atoms with E-state index in [-0.39, 0.29) is 24.4 Å². The van der Waals surface area contributed by atoms with Crippen LogP contribution in [0.25, 0.3) is 0 Å². The molecule has 1 fully saturated rings. The lowest BCUT2D eigenvalue weighted by Gasteiger charge is -2.18. The number of carboxylic acids is 1. The summed E-state index contributed by atoms with van der Waals surface area (Å²) >= 11 is 0. The number of carboxylic acid groups (broad SMARTS) is 1. The largest absolute Gasteiger partial charge is 0.479 e. The van der Waals surface area contributed by atoms with Crippen molar-refractivity contribution in [1.82, 2.24) is 9.88 Å². The molecular weight excluding hydrogens is 327 g/mol. The van der Waals surface area contributed by atoms with Crippen molar-refractivity contribution in [3.63, 3.8) is 0 Å². The van der Waals surface area contributed by atoms with Crippen molar-refractivity contribution in [1.29, 1.82) is 0 Å². The van der Waals surface area contributed by atoms with Crippen LogP contribution in [-0.4, -0.2) is 45.6 Å². The second-order valence-corrected chi connectivity index (χ2v) is 5.90. The molecule has 0 bridgehead atoms. The van der Waals surface area contributed by atoms with E-state index >= 15 is 0 Å². The molecule has 2 aromatic rings. The van der Waals surface area contributed by atoms with E-state index in [0.717, 1.165) is 5.56 Å². The highest BCUT2D eigenvalue weighted by molar-refractivity contribution is 5.95. The van der Waals surface area contributed by atoms with Gasteiger partial charge in [0.15, 0.2) is 0 Å². The van der Waals surface area contributed by atoms with Gasteiger partial charge in [0, 0.05) is 30.8 Å². The standard InChI is InChI=1S/C18H17FN2O4/c19-18(17(23)24)7-9-21(12-18)16(22)14-6-8-20-15(10-14)25-11-13-4-2-1-3-5-13/h1-6,8,10H,7,9,11-12H2,(H,23,24). The Morgan fingerprint density at radius 2 is 2.04 bits per heavy atom. The van der Waals surface area contributed by atoms with Crippen LogP contribution in [-0.2, 0) is 11.4 Å². The highest BCUT2D eigenvalue weighted by Crippen LogP contribution is 2.27. The Bertz CT molecular complexity index is 784. The van der Waals surface area contributed by atoms with Crippen molar-refractivity contribution < 1.29 is 23.8 Å². The summed E-state index contributed by atoms with van der Waals surface area (Å²) in [5, 5.41) is 8.92. The van der Waals surface area contributed by atoms with Crippen molar-refractivity contribution in [3.05, 3.63) is 59.8 Å². The number of aromatic nitrogens is 1. The number of pyridine rings is 1. The molecule has 3 rings (SSSR count). The van der Waals surface area contributed by atoms with Gasteiger partial charge in [0.1, 0.15) is 6.61 Å². The van der Waals surface area contributed by atoms with Crippen LogP contribution in [0.2, 0.25) is 0 Å². The van der Waals surface area contributed by atoms with Gasteiger partial charge < -0.3 is 14.7 Å². The van der Waals surface area contributed by atoms with E-state index in [9.17, 15) is 14.0 Å². The van der Waals surface area contributed by atoms with Crippen molar-refractivity contribution in [2.75, 3.05) is 13.1 Å². The maximum atomic E-state index is 14.1. The third kappa shape index (κ3) is 3.76. The van der Waals surface area contributed by atoms with Crippen LogP contribution < -0.4 is 4.74 Å². The second kappa shape index (κ2) is 6.88. The minimum absolute atomic E-state index is 0.0597. The van der Waals surface area contributed by atoms with Gasteiger partial charge >= 0.3 is 5.97 Å². The molecule has 1 aromatic carbocycles. The first-order valence-corrected chi connectivity index (χ1v) is 7.82. The number of likely N-dealkylation sites (tertiary alicyclic amines) is 1. The Morgan fingerprint density at radius 3 is 2.72 bits per heavy atom. The number of carbonyl (C=O) groups is 2. The molecule has 1 amide bonds. The third-order valence-electron chi connectivity index (χ3n) is 4.10. The zero-order chi connectivity index (χ0) is 17.9. The van der Waals surface area contributed by atoms with Gasteiger partial charge in [-0.05, 0) is 11.6 Å². The van der Waals surface area contributed by atoms with Crippen LogP contribution in [0.4, 0.5) is 4.39 Å². The molecular formula is C18H17FN2O4. The fourth-order valence-electron chi connectivity index (χ4n) is 2.66. The first kappa shape index (κ1) is 16.9. The first-order valence-electron chi connectivity index (χ1n) is 7.82. The average molecular weight is 344 g/mol. The summed E-state index contributed by atoms with van der Waals surface area (Å²) in [6, 6.07) is 12.5. The second-order valence-electron chi connectivity index (χ2n) is 5.90. The molecule has 0 spiro atoms. The van der Waals surface area contributed by atoms with Gasteiger partial charge in [0.05, 0.1) is 6.54 Å². The fraction of sp³-hybridized carbons (Fsp3) is 0.278. The number of benzene rings is 1. The van der Waals surface area contributed by atoms with Crippen molar-refractivity contribution in [3.8, 4) is 5.88 Å². The molecule has 1 unspecified atom stereocenters. The van der Waals surface area contributed by atoms with E-state index in [1.54, 1.807) is 0 Å². The molecule has 0 radical (unpaired) electrons. The molecule has 2 heterocycles. The molecule has 0 aliphatic carbocycles. The van der Waals surface area contributed by atoms with Gasteiger partial charge in [-0.2, -0.15) is 0 Å². The van der Waals surface area contributed by atoms with Crippen LogP contribution in [0.3, 0.4) is 0 Å². The van der Waals surface area contributed by atoms with E-state index in [0.29, 0.717) is 6.61 Å². The summed E-state index contributed by atoms with van der Waals surface area (Å²) in [5.41, 5.74) is -1.13. The van der Waals surface area contributed by atoms with Crippen LogP contribution in [0.15, 0.2) is 48.7 Å². The predicted molar refractivity (Wildman–Crippen MR) is 87.0 cm³/mol. The Kier molecular flexibility index (Phi) is 4.65. The fourth-order valence-corrected chi connectivity index (χ4v) is 2.66. The number of amides is 1. The zero-order valence-electron chi connectivity index (χ0n) is 13.4. The SMILES string of the molecule is O=C(c1ccnc(OCc2ccccc2)c1)N1CCC(F)(C(=O)O)C1. The number of alkyl halides is 1. The van der Waals surface area contributed by atoms with Gasteiger partial charge in [-0.15, -0.1) is 0 Å². The maximum Gasteiger partial charge on any atom is 0.343 e. The predicted octanol–water partition coefficient (Wildman–Crippen LogP) is 2.30. The smallest absolute Gasteiger partial charge is 0.343 e.